The number of nitrogens with one attached hydrogen (secondary N) is 1. The van der Waals surface area contributed by atoms with Crippen LogP contribution in [-0.4, -0.2) is 24.5 Å². The van der Waals surface area contributed by atoms with Gasteiger partial charge in [0.25, 0.3) is 5.91 Å². The van der Waals surface area contributed by atoms with E-state index in [2.05, 4.69) is 30.3 Å². The zero-order valence-corrected chi connectivity index (χ0v) is 14.6. The Bertz CT molecular complexity index is 557. The summed E-state index contributed by atoms with van der Waals surface area (Å²) in [6.45, 7) is 3.86. The van der Waals surface area contributed by atoms with Gasteiger partial charge in [-0.25, -0.2) is 0 Å². The summed E-state index contributed by atoms with van der Waals surface area (Å²) in [5.41, 5.74) is 2.17. The van der Waals surface area contributed by atoms with Gasteiger partial charge in [-0.2, -0.15) is 0 Å². The Morgan fingerprint density at radius 2 is 1.83 bits per heavy atom. The van der Waals surface area contributed by atoms with E-state index in [9.17, 15) is 9.59 Å². The summed E-state index contributed by atoms with van der Waals surface area (Å²) < 4.78 is 5.12. The molecule has 0 heterocycles. The first-order chi connectivity index (χ1) is 11.6. The van der Waals surface area contributed by atoms with Crippen molar-refractivity contribution in [2.24, 2.45) is 0 Å². The smallest absolute Gasteiger partial charge is 0.311 e. The lowest BCUT2D eigenvalue weighted by atomic mass is 10.0. The number of benzene rings is 1. The number of terminal acetylenes is 1. The number of unbranched alkanes of at least 4 members (excludes halogenated alkanes) is 3. The van der Waals surface area contributed by atoms with E-state index in [0.717, 1.165) is 12.0 Å². The van der Waals surface area contributed by atoms with Gasteiger partial charge in [0, 0.05) is 0 Å². The van der Waals surface area contributed by atoms with Crippen LogP contribution in [0.25, 0.3) is 0 Å². The average Bonchev–Trinajstić information content (AvgIpc) is 2.57. The topological polar surface area (TPSA) is 55.4 Å². The first-order valence-corrected chi connectivity index (χ1v) is 8.55. The maximum atomic E-state index is 11.9. The van der Waals surface area contributed by atoms with Gasteiger partial charge in [-0.3, -0.25) is 9.59 Å². The molecule has 0 aliphatic carbocycles. The first kappa shape index (κ1) is 19.8. The number of hydrogen-bond acceptors (Lipinski definition) is 3. The Hall–Kier alpha value is -2.28. The lowest BCUT2D eigenvalue weighted by Gasteiger charge is -2.12. The van der Waals surface area contributed by atoms with Crippen molar-refractivity contribution in [1.82, 2.24) is 5.32 Å². The second kappa shape index (κ2) is 11.3. The summed E-state index contributed by atoms with van der Waals surface area (Å²) >= 11 is 0. The highest BCUT2D eigenvalue weighted by Crippen LogP contribution is 2.11. The number of aryl methyl sites for hydroxylation is 1. The van der Waals surface area contributed by atoms with E-state index in [1.807, 2.05) is 12.1 Å². The molecule has 0 spiro atoms. The van der Waals surface area contributed by atoms with E-state index >= 15 is 0 Å². The van der Waals surface area contributed by atoms with Crippen LogP contribution in [0.1, 0.15) is 50.7 Å². The summed E-state index contributed by atoms with van der Waals surface area (Å²) in [4.78, 5) is 23.5. The third-order valence-electron chi connectivity index (χ3n) is 3.73. The van der Waals surface area contributed by atoms with Crippen LogP contribution in [0.15, 0.2) is 24.3 Å². The predicted octanol–water partition coefficient (Wildman–Crippen LogP) is 3.03. The number of rotatable bonds is 10. The SMILES string of the molecule is C#CCNC(=O)[C@H](C)OC(=O)Cc1ccc(CCCCCC)cc1. The highest BCUT2D eigenvalue weighted by atomic mass is 16.5. The van der Waals surface area contributed by atoms with Crippen LogP contribution in [0.2, 0.25) is 0 Å². The Kier molecular flexibility index (Phi) is 9.29. The highest BCUT2D eigenvalue weighted by Gasteiger charge is 2.17. The molecular weight excluding hydrogens is 302 g/mol. The number of amides is 1. The molecule has 1 aromatic carbocycles. The molecule has 0 aromatic heterocycles. The highest BCUT2D eigenvalue weighted by molar-refractivity contribution is 5.84. The third kappa shape index (κ3) is 7.82. The van der Waals surface area contributed by atoms with E-state index in [-0.39, 0.29) is 18.9 Å². The zero-order chi connectivity index (χ0) is 17.8. The summed E-state index contributed by atoms with van der Waals surface area (Å²) in [6.07, 6.45) is 10.4. The number of esters is 1. The van der Waals surface area contributed by atoms with Crippen molar-refractivity contribution in [1.29, 1.82) is 0 Å². The minimum atomic E-state index is -0.844. The van der Waals surface area contributed by atoms with Gasteiger partial charge in [-0.05, 0) is 30.9 Å². The fourth-order valence-electron chi connectivity index (χ4n) is 2.32. The number of hydrogen-bond donors (Lipinski definition) is 1. The first-order valence-electron chi connectivity index (χ1n) is 8.55. The molecule has 0 radical (unpaired) electrons. The van der Waals surface area contributed by atoms with Crippen molar-refractivity contribution < 1.29 is 14.3 Å². The second-order valence-corrected chi connectivity index (χ2v) is 5.86. The minimum absolute atomic E-state index is 0.125. The fraction of sp³-hybridized carbons (Fsp3) is 0.500. The van der Waals surface area contributed by atoms with Crippen LogP contribution < -0.4 is 5.32 Å². The van der Waals surface area contributed by atoms with Gasteiger partial charge in [0.1, 0.15) is 0 Å². The Morgan fingerprint density at radius 3 is 2.46 bits per heavy atom. The zero-order valence-electron chi connectivity index (χ0n) is 14.6. The van der Waals surface area contributed by atoms with Crippen molar-refractivity contribution in [2.75, 3.05) is 6.54 Å². The summed E-state index contributed by atoms with van der Waals surface area (Å²) in [7, 11) is 0. The van der Waals surface area contributed by atoms with Crippen LogP contribution in [0.5, 0.6) is 0 Å². The number of carbonyl (C=O) groups is 2. The molecule has 1 amide bonds. The molecule has 130 valence electrons. The molecule has 0 aliphatic heterocycles. The molecule has 4 heteroatoms. The number of carbonyl (C=O) groups excluding carboxylic acids is 2. The summed E-state index contributed by atoms with van der Waals surface area (Å²) in [5.74, 6) is 1.49. The van der Waals surface area contributed by atoms with Crippen LogP contribution in [0, 0.1) is 12.3 Å². The molecule has 1 rings (SSSR count). The van der Waals surface area contributed by atoms with Crippen molar-refractivity contribution in [3.05, 3.63) is 35.4 Å². The van der Waals surface area contributed by atoms with Crippen LogP contribution in [-0.2, 0) is 27.2 Å². The average molecular weight is 329 g/mol. The molecule has 24 heavy (non-hydrogen) atoms. The molecule has 1 N–H and O–H groups in total. The lowest BCUT2D eigenvalue weighted by molar-refractivity contribution is -0.154. The van der Waals surface area contributed by atoms with Crippen LogP contribution in [0.3, 0.4) is 0 Å². The van der Waals surface area contributed by atoms with Crippen LogP contribution in [0.4, 0.5) is 0 Å². The Balaban J connectivity index is 2.38. The molecule has 1 aromatic rings. The number of ether oxygens (including phenoxy) is 1. The van der Waals surface area contributed by atoms with Crippen LogP contribution >= 0.6 is 0 Å². The monoisotopic (exact) mass is 329 g/mol. The fourth-order valence-corrected chi connectivity index (χ4v) is 2.32. The largest absolute Gasteiger partial charge is 0.452 e. The van der Waals surface area contributed by atoms with Crippen molar-refractivity contribution in [2.45, 2.75) is 58.5 Å². The molecule has 0 aliphatic rings. The van der Waals surface area contributed by atoms with Gasteiger partial charge < -0.3 is 10.1 Å². The summed E-state index contributed by atoms with van der Waals surface area (Å²) in [5, 5.41) is 2.49. The molecular formula is C20H27NO3. The van der Waals surface area contributed by atoms with Gasteiger partial charge in [0.2, 0.25) is 0 Å². The minimum Gasteiger partial charge on any atom is -0.452 e. The maximum absolute atomic E-state index is 11.9. The van der Waals surface area contributed by atoms with Crippen molar-refractivity contribution >= 4 is 11.9 Å². The van der Waals surface area contributed by atoms with Gasteiger partial charge in [0.15, 0.2) is 6.10 Å². The van der Waals surface area contributed by atoms with Crippen molar-refractivity contribution in [3.8, 4) is 12.3 Å². The van der Waals surface area contributed by atoms with E-state index in [1.54, 1.807) is 0 Å². The molecule has 0 saturated heterocycles. The van der Waals surface area contributed by atoms with E-state index < -0.39 is 12.1 Å². The van der Waals surface area contributed by atoms with E-state index in [1.165, 1.54) is 38.2 Å². The maximum Gasteiger partial charge on any atom is 0.311 e. The summed E-state index contributed by atoms with van der Waals surface area (Å²) in [6, 6.07) is 7.99. The van der Waals surface area contributed by atoms with Gasteiger partial charge in [0.05, 0.1) is 13.0 Å². The van der Waals surface area contributed by atoms with Gasteiger partial charge in [-0.1, -0.05) is 56.4 Å². The lowest BCUT2D eigenvalue weighted by Crippen LogP contribution is -2.36. The Morgan fingerprint density at radius 1 is 1.17 bits per heavy atom. The quantitative estimate of drug-likeness (QED) is 0.408. The normalized spacial score (nSPS) is 11.4. The molecule has 0 bridgehead atoms. The Labute approximate surface area is 145 Å². The van der Waals surface area contributed by atoms with Gasteiger partial charge in [-0.15, -0.1) is 6.42 Å². The van der Waals surface area contributed by atoms with Crippen molar-refractivity contribution in [3.63, 3.8) is 0 Å². The molecule has 4 nitrogen and oxygen atoms in total. The molecule has 0 fully saturated rings. The standard InChI is InChI=1S/C20H27NO3/c1-4-6-7-8-9-17-10-12-18(13-11-17)15-19(22)24-16(3)20(23)21-14-5-2/h2,10-13,16H,4,6-9,14-15H2,1,3H3,(H,21,23)/t16-/m0/s1. The predicted molar refractivity (Wildman–Crippen MR) is 95.4 cm³/mol. The van der Waals surface area contributed by atoms with E-state index in [0.29, 0.717) is 0 Å². The molecule has 1 atom stereocenters. The second-order valence-electron chi connectivity index (χ2n) is 5.86. The van der Waals surface area contributed by atoms with Gasteiger partial charge >= 0.3 is 5.97 Å². The molecule has 0 saturated carbocycles. The third-order valence-corrected chi connectivity index (χ3v) is 3.73. The van der Waals surface area contributed by atoms with E-state index in [4.69, 9.17) is 11.2 Å². The molecule has 0 unspecified atom stereocenters.